The molecule has 5 nitrogen and oxygen atoms in total. The number of allylic oxidation sites excluding steroid dienone is 1. The van der Waals surface area contributed by atoms with Crippen molar-refractivity contribution in [3.8, 4) is 10.7 Å². The van der Waals surface area contributed by atoms with Crippen LogP contribution in [0.2, 0.25) is 0 Å². The van der Waals surface area contributed by atoms with Crippen LogP contribution in [0.5, 0.6) is 0 Å². The van der Waals surface area contributed by atoms with E-state index >= 15 is 0 Å². The second kappa shape index (κ2) is 8.57. The maximum Gasteiger partial charge on any atom is 0.175 e. The topological polar surface area (TPSA) is 63.9 Å². The molecule has 0 saturated carbocycles. The number of nitrogens with zero attached hydrogens (tertiary/aromatic N) is 5. The highest BCUT2D eigenvalue weighted by Crippen LogP contribution is 2.29. The van der Waals surface area contributed by atoms with Crippen molar-refractivity contribution in [1.29, 1.82) is 0 Å². The summed E-state index contributed by atoms with van der Waals surface area (Å²) in [6.45, 7) is 1.88. The third kappa shape index (κ3) is 5.01. The van der Waals surface area contributed by atoms with Crippen LogP contribution in [-0.2, 0) is 0 Å². The standard InChI is InChI=1S/C13H13Cl2N5S2/c1-8(14)5-9(11(15)16-2)7-21-13-20-19-12(22-13)10-6-17-3-4-18-10/h3-6,8H,7H2,1-2H3/b9-5+,16-11+. The van der Waals surface area contributed by atoms with Crippen molar-refractivity contribution >= 4 is 51.5 Å². The molecular formula is C13H13Cl2N5S2. The number of hydrogen-bond donors (Lipinski definition) is 0. The monoisotopic (exact) mass is 373 g/mol. The summed E-state index contributed by atoms with van der Waals surface area (Å²) in [7, 11) is 1.65. The number of aliphatic imine (C=N–C) groups is 1. The Morgan fingerprint density at radius 1 is 1.45 bits per heavy atom. The Balaban J connectivity index is 2.07. The number of rotatable bonds is 6. The zero-order valence-corrected chi connectivity index (χ0v) is 15.0. The summed E-state index contributed by atoms with van der Waals surface area (Å²) < 4.78 is 0.828. The van der Waals surface area contributed by atoms with Gasteiger partial charge in [0.05, 0.1) is 6.20 Å². The van der Waals surface area contributed by atoms with Crippen molar-refractivity contribution in [3.05, 3.63) is 30.2 Å². The lowest BCUT2D eigenvalue weighted by Gasteiger charge is -2.04. The molecule has 1 atom stereocenters. The minimum absolute atomic E-state index is 0.115. The Hall–Kier alpha value is -1.02. The summed E-state index contributed by atoms with van der Waals surface area (Å²) in [4.78, 5) is 12.2. The summed E-state index contributed by atoms with van der Waals surface area (Å²) >= 11 is 15.1. The first-order chi connectivity index (χ1) is 10.6. The van der Waals surface area contributed by atoms with Crippen molar-refractivity contribution in [1.82, 2.24) is 20.2 Å². The molecule has 0 radical (unpaired) electrons. The summed E-state index contributed by atoms with van der Waals surface area (Å²) in [5.74, 6) is 0.627. The smallest absolute Gasteiger partial charge is 0.175 e. The molecule has 0 aliphatic heterocycles. The predicted molar refractivity (Wildman–Crippen MR) is 94.3 cm³/mol. The lowest BCUT2D eigenvalue weighted by Crippen LogP contribution is -2.01. The van der Waals surface area contributed by atoms with E-state index in [9.17, 15) is 0 Å². The third-order valence-corrected chi connectivity index (χ3v) is 5.10. The number of alkyl halides is 1. The molecular weight excluding hydrogens is 361 g/mol. The number of thioether (sulfide) groups is 1. The van der Waals surface area contributed by atoms with Gasteiger partial charge in [-0.2, -0.15) is 0 Å². The van der Waals surface area contributed by atoms with Crippen LogP contribution in [0.4, 0.5) is 0 Å². The van der Waals surface area contributed by atoms with Crippen LogP contribution in [0.15, 0.2) is 39.6 Å². The minimum atomic E-state index is -0.115. The van der Waals surface area contributed by atoms with E-state index in [0.717, 1.165) is 14.9 Å². The molecule has 0 aliphatic rings. The first-order valence-corrected chi connectivity index (χ1v) is 8.92. The predicted octanol–water partition coefficient (Wildman–Crippen LogP) is 3.91. The molecule has 116 valence electrons. The fourth-order valence-electron chi connectivity index (χ4n) is 1.52. The van der Waals surface area contributed by atoms with E-state index in [2.05, 4.69) is 25.2 Å². The molecule has 2 aromatic rings. The Bertz CT molecular complexity index is 670. The molecule has 0 spiro atoms. The van der Waals surface area contributed by atoms with Crippen molar-refractivity contribution in [2.24, 2.45) is 4.99 Å². The van der Waals surface area contributed by atoms with E-state index in [4.69, 9.17) is 23.2 Å². The first-order valence-electron chi connectivity index (χ1n) is 6.30. The Morgan fingerprint density at radius 2 is 2.27 bits per heavy atom. The zero-order chi connectivity index (χ0) is 15.9. The van der Waals surface area contributed by atoms with Crippen LogP contribution in [0.25, 0.3) is 10.7 Å². The summed E-state index contributed by atoms with van der Waals surface area (Å²) in [5, 5.41) is 9.36. The Kier molecular flexibility index (Phi) is 6.75. The number of halogens is 2. The van der Waals surface area contributed by atoms with Gasteiger partial charge in [0.2, 0.25) is 0 Å². The van der Waals surface area contributed by atoms with Crippen LogP contribution < -0.4 is 0 Å². The zero-order valence-electron chi connectivity index (χ0n) is 11.9. The number of aromatic nitrogens is 4. The van der Waals surface area contributed by atoms with Crippen molar-refractivity contribution < 1.29 is 0 Å². The minimum Gasteiger partial charge on any atom is -0.276 e. The fraction of sp³-hybridized carbons (Fsp3) is 0.308. The fourth-order valence-corrected chi connectivity index (χ4v) is 3.68. The molecule has 2 aromatic heterocycles. The first kappa shape index (κ1) is 17.3. The molecule has 1 unspecified atom stereocenters. The molecule has 2 heterocycles. The Labute approximate surface area is 146 Å². The highest BCUT2D eigenvalue weighted by molar-refractivity contribution is 8.01. The van der Waals surface area contributed by atoms with Gasteiger partial charge in [-0.15, -0.1) is 21.8 Å². The van der Waals surface area contributed by atoms with E-state index in [1.54, 1.807) is 25.6 Å². The highest BCUT2D eigenvalue weighted by Gasteiger charge is 2.11. The van der Waals surface area contributed by atoms with Gasteiger partial charge in [0, 0.05) is 30.6 Å². The normalized spacial score (nSPS) is 14.2. The average Bonchev–Trinajstić information content (AvgIpc) is 3.00. The van der Waals surface area contributed by atoms with Gasteiger partial charge in [-0.3, -0.25) is 15.0 Å². The van der Waals surface area contributed by atoms with Crippen LogP contribution >= 0.6 is 46.3 Å². The lowest BCUT2D eigenvalue weighted by atomic mass is 10.2. The molecule has 22 heavy (non-hydrogen) atoms. The molecule has 0 fully saturated rings. The van der Waals surface area contributed by atoms with E-state index in [1.807, 2.05) is 13.0 Å². The lowest BCUT2D eigenvalue weighted by molar-refractivity contribution is 1.01. The van der Waals surface area contributed by atoms with Gasteiger partial charge < -0.3 is 0 Å². The van der Waals surface area contributed by atoms with Gasteiger partial charge in [-0.25, -0.2) is 0 Å². The molecule has 0 saturated heterocycles. The van der Waals surface area contributed by atoms with E-state index in [-0.39, 0.29) is 5.38 Å². The Morgan fingerprint density at radius 3 is 2.91 bits per heavy atom. The molecule has 0 aliphatic carbocycles. The average molecular weight is 374 g/mol. The quantitative estimate of drug-likeness (QED) is 0.436. The van der Waals surface area contributed by atoms with Crippen LogP contribution in [0.1, 0.15) is 6.92 Å². The van der Waals surface area contributed by atoms with Crippen LogP contribution in [0.3, 0.4) is 0 Å². The number of hydrogen-bond acceptors (Lipinski definition) is 7. The SMILES string of the molecule is C/N=C(Cl)\C(=C\C(C)Cl)CSc1nnc(-c2cnccn2)s1. The van der Waals surface area contributed by atoms with E-state index < -0.39 is 0 Å². The maximum atomic E-state index is 6.10. The summed E-state index contributed by atoms with van der Waals surface area (Å²) in [5.41, 5.74) is 1.60. The third-order valence-electron chi connectivity index (χ3n) is 2.43. The molecule has 0 N–H and O–H groups in total. The second-order valence-electron chi connectivity index (χ2n) is 4.14. The van der Waals surface area contributed by atoms with Gasteiger partial charge in [0.25, 0.3) is 0 Å². The molecule has 0 aromatic carbocycles. The summed E-state index contributed by atoms with van der Waals surface area (Å²) in [6, 6.07) is 0. The van der Waals surface area contributed by atoms with Crippen molar-refractivity contribution in [3.63, 3.8) is 0 Å². The van der Waals surface area contributed by atoms with Crippen molar-refractivity contribution in [2.45, 2.75) is 16.6 Å². The largest absolute Gasteiger partial charge is 0.276 e. The van der Waals surface area contributed by atoms with Gasteiger partial charge in [0.1, 0.15) is 10.9 Å². The second-order valence-corrected chi connectivity index (χ2v) is 7.38. The van der Waals surface area contributed by atoms with Gasteiger partial charge in [-0.1, -0.05) is 40.8 Å². The van der Waals surface area contributed by atoms with Gasteiger partial charge in [0.15, 0.2) is 9.35 Å². The summed E-state index contributed by atoms with van der Waals surface area (Å²) in [6.07, 6.45) is 6.80. The highest BCUT2D eigenvalue weighted by atomic mass is 35.5. The van der Waals surface area contributed by atoms with Gasteiger partial charge in [-0.05, 0) is 12.5 Å². The molecule has 2 rings (SSSR count). The molecule has 0 bridgehead atoms. The molecule has 9 heteroatoms. The van der Waals surface area contributed by atoms with E-state index in [1.165, 1.54) is 23.1 Å². The van der Waals surface area contributed by atoms with Gasteiger partial charge >= 0.3 is 0 Å². The van der Waals surface area contributed by atoms with Crippen LogP contribution in [-0.4, -0.2) is 43.5 Å². The van der Waals surface area contributed by atoms with Crippen LogP contribution in [0, 0.1) is 0 Å². The maximum absolute atomic E-state index is 6.10. The van der Waals surface area contributed by atoms with E-state index in [0.29, 0.717) is 16.6 Å². The molecule has 0 amide bonds. The van der Waals surface area contributed by atoms with Crippen molar-refractivity contribution in [2.75, 3.05) is 12.8 Å².